The maximum atomic E-state index is 12.4. The van der Waals surface area contributed by atoms with Gasteiger partial charge in [-0.25, -0.2) is 8.42 Å². The predicted octanol–water partition coefficient (Wildman–Crippen LogP) is 4.81. The number of aryl methyl sites for hydroxylation is 1. The molecule has 3 rings (SSSR count). The van der Waals surface area contributed by atoms with Gasteiger partial charge >= 0.3 is 0 Å². The van der Waals surface area contributed by atoms with Crippen LogP contribution < -0.4 is 10.0 Å². The number of rotatable bonds is 5. The second-order valence-corrected chi connectivity index (χ2v) is 8.51. The standard InChI is InChI=1S/C20H17BrN2O3S/c1-14-13-15(21)7-12-19(14)20(24)22-16-8-10-18(11-9-16)27(25,26)23-17-5-3-2-4-6-17/h2-13,23H,1H3,(H,22,24). The van der Waals surface area contributed by atoms with Crippen LogP contribution in [0.1, 0.15) is 15.9 Å². The Balaban J connectivity index is 1.74. The second-order valence-electron chi connectivity index (χ2n) is 5.91. The van der Waals surface area contributed by atoms with Crippen molar-refractivity contribution < 1.29 is 13.2 Å². The van der Waals surface area contributed by atoms with E-state index in [0.29, 0.717) is 16.9 Å². The van der Waals surface area contributed by atoms with E-state index in [4.69, 9.17) is 0 Å². The monoisotopic (exact) mass is 444 g/mol. The van der Waals surface area contributed by atoms with E-state index < -0.39 is 10.0 Å². The van der Waals surface area contributed by atoms with E-state index in [1.807, 2.05) is 19.1 Å². The Kier molecular flexibility index (Phi) is 5.62. The lowest BCUT2D eigenvalue weighted by molar-refractivity contribution is 0.102. The van der Waals surface area contributed by atoms with E-state index in [0.717, 1.165) is 10.0 Å². The third-order valence-corrected chi connectivity index (χ3v) is 5.77. The first kappa shape index (κ1) is 19.1. The number of halogens is 1. The van der Waals surface area contributed by atoms with Crippen LogP contribution >= 0.6 is 15.9 Å². The molecule has 0 unspecified atom stereocenters. The third-order valence-electron chi connectivity index (χ3n) is 3.88. The van der Waals surface area contributed by atoms with Crippen LogP contribution in [0.4, 0.5) is 11.4 Å². The number of para-hydroxylation sites is 1. The van der Waals surface area contributed by atoms with Crippen LogP contribution in [-0.2, 0) is 10.0 Å². The first-order chi connectivity index (χ1) is 12.8. The number of hydrogen-bond donors (Lipinski definition) is 2. The van der Waals surface area contributed by atoms with Crippen molar-refractivity contribution in [3.05, 3.63) is 88.4 Å². The molecule has 0 aliphatic heterocycles. The highest BCUT2D eigenvalue weighted by Crippen LogP contribution is 2.20. The van der Waals surface area contributed by atoms with Gasteiger partial charge in [-0.3, -0.25) is 9.52 Å². The quantitative estimate of drug-likeness (QED) is 0.592. The molecular weight excluding hydrogens is 428 g/mol. The Morgan fingerprint density at radius 1 is 0.889 bits per heavy atom. The summed E-state index contributed by atoms with van der Waals surface area (Å²) in [5.74, 6) is -0.252. The minimum absolute atomic E-state index is 0.115. The van der Waals surface area contributed by atoms with E-state index in [-0.39, 0.29) is 10.8 Å². The van der Waals surface area contributed by atoms with Gasteiger partial charge in [0.15, 0.2) is 0 Å². The van der Waals surface area contributed by atoms with Crippen molar-refractivity contribution in [2.75, 3.05) is 10.0 Å². The van der Waals surface area contributed by atoms with E-state index in [9.17, 15) is 13.2 Å². The molecule has 7 heteroatoms. The summed E-state index contributed by atoms with van der Waals surface area (Å²) in [7, 11) is -3.69. The maximum absolute atomic E-state index is 12.4. The van der Waals surface area contributed by atoms with Gasteiger partial charge in [0, 0.05) is 21.4 Å². The summed E-state index contributed by atoms with van der Waals surface area (Å²) in [4.78, 5) is 12.5. The number of nitrogens with one attached hydrogen (secondary N) is 2. The molecule has 0 fully saturated rings. The van der Waals surface area contributed by atoms with Crippen LogP contribution in [0.15, 0.2) is 82.2 Å². The molecule has 0 aliphatic carbocycles. The Labute approximate surface area is 166 Å². The molecule has 0 aromatic heterocycles. The van der Waals surface area contributed by atoms with Crippen LogP contribution in [0.2, 0.25) is 0 Å². The third kappa shape index (κ3) is 4.75. The van der Waals surface area contributed by atoms with Gasteiger partial charge in [-0.1, -0.05) is 34.1 Å². The van der Waals surface area contributed by atoms with Crippen LogP contribution in [0, 0.1) is 6.92 Å². The van der Waals surface area contributed by atoms with Gasteiger partial charge in [-0.2, -0.15) is 0 Å². The van der Waals surface area contributed by atoms with E-state index in [1.54, 1.807) is 48.5 Å². The van der Waals surface area contributed by atoms with Crippen molar-refractivity contribution in [2.24, 2.45) is 0 Å². The van der Waals surface area contributed by atoms with Crippen molar-refractivity contribution in [1.29, 1.82) is 0 Å². The molecule has 5 nitrogen and oxygen atoms in total. The fourth-order valence-electron chi connectivity index (χ4n) is 2.52. The predicted molar refractivity (Wildman–Crippen MR) is 111 cm³/mol. The lowest BCUT2D eigenvalue weighted by atomic mass is 10.1. The highest BCUT2D eigenvalue weighted by atomic mass is 79.9. The van der Waals surface area contributed by atoms with E-state index >= 15 is 0 Å². The zero-order chi connectivity index (χ0) is 19.4. The fourth-order valence-corrected chi connectivity index (χ4v) is 4.05. The fraction of sp³-hybridized carbons (Fsp3) is 0.0500. The highest BCUT2D eigenvalue weighted by Gasteiger charge is 2.15. The minimum atomic E-state index is -3.69. The average molecular weight is 445 g/mol. The Morgan fingerprint density at radius 3 is 2.19 bits per heavy atom. The number of benzene rings is 3. The molecule has 1 amide bonds. The molecule has 0 aliphatic rings. The van der Waals surface area contributed by atoms with Gasteiger partial charge in [0.05, 0.1) is 4.90 Å². The number of amides is 1. The number of carbonyl (C=O) groups is 1. The average Bonchev–Trinajstić information content (AvgIpc) is 2.62. The molecule has 2 N–H and O–H groups in total. The van der Waals surface area contributed by atoms with Crippen molar-refractivity contribution in [2.45, 2.75) is 11.8 Å². The van der Waals surface area contributed by atoms with Crippen molar-refractivity contribution >= 4 is 43.2 Å². The van der Waals surface area contributed by atoms with Gasteiger partial charge in [0.25, 0.3) is 15.9 Å². The molecule has 0 bridgehead atoms. The van der Waals surface area contributed by atoms with Crippen LogP contribution in [-0.4, -0.2) is 14.3 Å². The molecule has 3 aromatic rings. The maximum Gasteiger partial charge on any atom is 0.261 e. The highest BCUT2D eigenvalue weighted by molar-refractivity contribution is 9.10. The number of anilines is 2. The van der Waals surface area contributed by atoms with Gasteiger partial charge in [0.1, 0.15) is 0 Å². The second kappa shape index (κ2) is 7.94. The first-order valence-electron chi connectivity index (χ1n) is 8.10. The van der Waals surface area contributed by atoms with Gasteiger partial charge in [0.2, 0.25) is 0 Å². The molecule has 0 radical (unpaired) electrons. The minimum Gasteiger partial charge on any atom is -0.322 e. The summed E-state index contributed by atoms with van der Waals surface area (Å²) in [5.41, 5.74) is 2.40. The topological polar surface area (TPSA) is 75.3 Å². The summed E-state index contributed by atoms with van der Waals surface area (Å²) >= 11 is 3.37. The first-order valence-corrected chi connectivity index (χ1v) is 10.4. The van der Waals surface area contributed by atoms with Crippen LogP contribution in [0.5, 0.6) is 0 Å². The molecule has 0 atom stereocenters. The van der Waals surface area contributed by atoms with Crippen LogP contribution in [0.25, 0.3) is 0 Å². The molecule has 0 saturated carbocycles. The molecule has 0 saturated heterocycles. The van der Waals surface area contributed by atoms with E-state index in [1.165, 1.54) is 12.1 Å². The molecule has 0 spiro atoms. The van der Waals surface area contributed by atoms with Gasteiger partial charge in [-0.05, 0) is 67.1 Å². The summed E-state index contributed by atoms with van der Waals surface area (Å²) < 4.78 is 28.3. The number of hydrogen-bond acceptors (Lipinski definition) is 3. The van der Waals surface area contributed by atoms with E-state index in [2.05, 4.69) is 26.0 Å². The Morgan fingerprint density at radius 2 is 1.56 bits per heavy atom. The van der Waals surface area contributed by atoms with Crippen molar-refractivity contribution in [1.82, 2.24) is 0 Å². The molecule has 0 heterocycles. The van der Waals surface area contributed by atoms with Gasteiger partial charge in [-0.15, -0.1) is 0 Å². The molecule has 27 heavy (non-hydrogen) atoms. The molecular formula is C20H17BrN2O3S. The smallest absolute Gasteiger partial charge is 0.261 e. The lowest BCUT2D eigenvalue weighted by Gasteiger charge is -2.10. The van der Waals surface area contributed by atoms with Crippen LogP contribution in [0.3, 0.4) is 0 Å². The lowest BCUT2D eigenvalue weighted by Crippen LogP contribution is -2.14. The normalized spacial score (nSPS) is 11.0. The Bertz CT molecular complexity index is 1070. The molecule has 3 aromatic carbocycles. The zero-order valence-corrected chi connectivity index (χ0v) is 16.8. The van der Waals surface area contributed by atoms with Crippen molar-refractivity contribution in [3.8, 4) is 0 Å². The zero-order valence-electron chi connectivity index (χ0n) is 14.4. The van der Waals surface area contributed by atoms with Crippen molar-refractivity contribution in [3.63, 3.8) is 0 Å². The molecule has 138 valence electrons. The summed E-state index contributed by atoms with van der Waals surface area (Å²) in [5, 5.41) is 2.78. The number of carbonyl (C=O) groups excluding carboxylic acids is 1. The SMILES string of the molecule is Cc1cc(Br)ccc1C(=O)Nc1ccc(S(=O)(=O)Nc2ccccc2)cc1. The van der Waals surface area contributed by atoms with Gasteiger partial charge < -0.3 is 5.32 Å². The summed E-state index contributed by atoms with van der Waals surface area (Å²) in [6.45, 7) is 1.85. The summed E-state index contributed by atoms with van der Waals surface area (Å²) in [6.07, 6.45) is 0. The summed E-state index contributed by atoms with van der Waals surface area (Å²) in [6, 6.07) is 20.1. The largest absolute Gasteiger partial charge is 0.322 e. The Hall–Kier alpha value is -2.64. The number of sulfonamides is 1.